The fraction of sp³-hybridized carbons (Fsp3) is 0.391. The summed E-state index contributed by atoms with van der Waals surface area (Å²) in [7, 11) is 0. The number of benzene rings is 2. The van der Waals surface area contributed by atoms with Crippen molar-refractivity contribution in [3.63, 3.8) is 0 Å². The van der Waals surface area contributed by atoms with Gasteiger partial charge in [-0.05, 0) is 31.0 Å². The molecule has 2 aromatic carbocycles. The lowest BCUT2D eigenvalue weighted by molar-refractivity contribution is -1.02. The van der Waals surface area contributed by atoms with Gasteiger partial charge >= 0.3 is 0 Å². The Morgan fingerprint density at radius 3 is 2.17 bits per heavy atom. The number of Topliss-reactive ketones (excluding diaryl/α,β-unsaturated/α-hetero) is 1. The zero-order valence-corrected chi connectivity index (χ0v) is 17.7. The number of halogens is 1. The Bertz CT molecular complexity index is 803. The molecule has 29 heavy (non-hydrogen) atoms. The number of amides is 1. The summed E-state index contributed by atoms with van der Waals surface area (Å²) in [6.45, 7) is 6.93. The summed E-state index contributed by atoms with van der Waals surface area (Å²) in [5, 5.41) is 3.70. The molecule has 1 saturated heterocycles. The van der Waals surface area contributed by atoms with Crippen LogP contribution in [0.5, 0.6) is 0 Å². The first-order chi connectivity index (χ1) is 14.0. The van der Waals surface area contributed by atoms with Gasteiger partial charge in [-0.2, -0.15) is 0 Å². The number of rotatable bonds is 8. The third kappa shape index (κ3) is 6.96. The van der Waals surface area contributed by atoms with Crippen molar-refractivity contribution >= 4 is 23.3 Å². The van der Waals surface area contributed by atoms with Gasteiger partial charge in [-0.3, -0.25) is 9.59 Å². The van der Waals surface area contributed by atoms with Gasteiger partial charge in [-0.25, -0.2) is 0 Å². The van der Waals surface area contributed by atoms with Crippen molar-refractivity contribution in [2.75, 3.05) is 32.7 Å². The molecule has 6 heteroatoms. The van der Waals surface area contributed by atoms with E-state index in [1.807, 2.05) is 42.5 Å². The van der Waals surface area contributed by atoms with Gasteiger partial charge in [0.15, 0.2) is 12.3 Å². The van der Waals surface area contributed by atoms with Crippen LogP contribution in [-0.2, 0) is 22.6 Å². The third-order valence-corrected chi connectivity index (χ3v) is 5.80. The van der Waals surface area contributed by atoms with Crippen LogP contribution in [0.3, 0.4) is 0 Å². The van der Waals surface area contributed by atoms with Crippen LogP contribution in [0.4, 0.5) is 0 Å². The van der Waals surface area contributed by atoms with Crippen LogP contribution < -0.4 is 15.1 Å². The Morgan fingerprint density at radius 1 is 0.931 bits per heavy atom. The van der Waals surface area contributed by atoms with Crippen molar-refractivity contribution in [1.29, 1.82) is 0 Å². The summed E-state index contributed by atoms with van der Waals surface area (Å²) < 4.78 is 0. The largest absolute Gasteiger partial charge is 0.341 e. The Morgan fingerprint density at radius 2 is 1.55 bits per heavy atom. The van der Waals surface area contributed by atoms with E-state index in [4.69, 9.17) is 11.6 Å². The van der Waals surface area contributed by atoms with Crippen molar-refractivity contribution in [3.05, 3.63) is 70.7 Å². The monoisotopic (exact) mass is 415 g/mol. The predicted octanol–water partition coefficient (Wildman–Crippen LogP) is -0.0601. The third-order valence-electron chi connectivity index (χ3n) is 5.55. The molecule has 5 nitrogen and oxygen atoms in total. The molecule has 0 bridgehead atoms. The number of carbonyl (C=O) groups is 2. The molecule has 0 radical (unpaired) electrons. The molecule has 0 saturated carbocycles. The minimum Gasteiger partial charge on any atom is -0.341 e. The van der Waals surface area contributed by atoms with Crippen molar-refractivity contribution in [1.82, 2.24) is 5.32 Å². The van der Waals surface area contributed by atoms with Crippen molar-refractivity contribution in [2.24, 2.45) is 0 Å². The smallest absolute Gasteiger partial charge is 0.275 e. The van der Waals surface area contributed by atoms with Gasteiger partial charge in [0.1, 0.15) is 32.7 Å². The van der Waals surface area contributed by atoms with Gasteiger partial charge in [-0.1, -0.05) is 54.1 Å². The van der Waals surface area contributed by atoms with E-state index in [0.717, 1.165) is 43.3 Å². The molecule has 1 amide bonds. The number of hydrogen-bond donors (Lipinski definition) is 3. The Kier molecular flexibility index (Phi) is 7.81. The second kappa shape index (κ2) is 10.5. The maximum absolute atomic E-state index is 12.5. The average molecular weight is 416 g/mol. The molecule has 0 spiro atoms. The van der Waals surface area contributed by atoms with Crippen LogP contribution in [0.2, 0.25) is 5.02 Å². The molecule has 1 atom stereocenters. The highest BCUT2D eigenvalue weighted by Gasteiger charge is 2.26. The van der Waals surface area contributed by atoms with Crippen LogP contribution in [0.1, 0.15) is 18.1 Å². The quantitative estimate of drug-likeness (QED) is 0.566. The van der Waals surface area contributed by atoms with Gasteiger partial charge in [0, 0.05) is 10.6 Å². The summed E-state index contributed by atoms with van der Waals surface area (Å²) in [5.74, 6) is -0.0493. The normalized spacial score (nSPS) is 20.1. The van der Waals surface area contributed by atoms with Crippen LogP contribution in [0.25, 0.3) is 0 Å². The fourth-order valence-corrected chi connectivity index (χ4v) is 3.95. The molecule has 3 N–H and O–H groups in total. The summed E-state index contributed by atoms with van der Waals surface area (Å²) in [6, 6.07) is 17.4. The highest BCUT2D eigenvalue weighted by Crippen LogP contribution is 2.08. The Labute approximate surface area is 177 Å². The maximum atomic E-state index is 12.5. The molecular weight excluding hydrogens is 386 g/mol. The van der Waals surface area contributed by atoms with Crippen LogP contribution >= 0.6 is 11.6 Å². The topological polar surface area (TPSA) is 55.0 Å². The lowest BCUT2D eigenvalue weighted by Gasteiger charge is -2.29. The molecule has 1 aliphatic rings. The SMILES string of the molecule is CC(=O)[C@@H](Cc1ccccc1)NC(=O)C[NH+]1CC[NH+](Cc2ccc(Cl)cc2)CC1. The summed E-state index contributed by atoms with van der Waals surface area (Å²) in [6.07, 6.45) is 0.538. The van der Waals surface area contributed by atoms with Gasteiger partial charge in [0.2, 0.25) is 0 Å². The van der Waals surface area contributed by atoms with Crippen LogP contribution in [0.15, 0.2) is 54.6 Å². The first-order valence-corrected chi connectivity index (χ1v) is 10.6. The molecule has 1 aliphatic heterocycles. The number of nitrogens with one attached hydrogen (secondary N) is 3. The number of carbonyl (C=O) groups excluding carboxylic acids is 2. The number of quaternary nitrogens is 2. The van der Waals surface area contributed by atoms with E-state index in [1.165, 1.54) is 15.4 Å². The minimum atomic E-state index is -0.457. The lowest BCUT2D eigenvalue weighted by Crippen LogP contribution is -3.28. The summed E-state index contributed by atoms with van der Waals surface area (Å²) in [4.78, 5) is 27.3. The van der Waals surface area contributed by atoms with Crippen LogP contribution in [-0.4, -0.2) is 50.5 Å². The molecule has 1 heterocycles. The summed E-state index contributed by atoms with van der Waals surface area (Å²) in [5.41, 5.74) is 2.34. The number of piperazine rings is 1. The van der Waals surface area contributed by atoms with Crippen LogP contribution in [0, 0.1) is 0 Å². The van der Waals surface area contributed by atoms with Gasteiger partial charge in [0.25, 0.3) is 5.91 Å². The van der Waals surface area contributed by atoms with E-state index in [1.54, 1.807) is 6.92 Å². The van der Waals surface area contributed by atoms with Crippen molar-refractivity contribution in [2.45, 2.75) is 25.9 Å². The van der Waals surface area contributed by atoms with Gasteiger partial charge in [0.05, 0.1) is 6.04 Å². The predicted molar refractivity (Wildman–Crippen MR) is 114 cm³/mol. The standard InChI is InChI=1S/C23H28ClN3O2/c1-18(28)22(15-19-5-3-2-4-6-19)25-23(29)17-27-13-11-26(12-14-27)16-20-7-9-21(24)10-8-20/h2-10,22H,11-17H2,1H3,(H,25,29)/p+2/t22-/m1/s1. The minimum absolute atomic E-state index is 0.00516. The second-order valence-electron chi connectivity index (χ2n) is 7.90. The van der Waals surface area contributed by atoms with Crippen molar-refractivity contribution in [3.8, 4) is 0 Å². The average Bonchev–Trinajstić information content (AvgIpc) is 2.71. The van der Waals surface area contributed by atoms with Crippen molar-refractivity contribution < 1.29 is 19.4 Å². The van der Waals surface area contributed by atoms with E-state index >= 15 is 0 Å². The Balaban J connectivity index is 1.43. The van der Waals surface area contributed by atoms with E-state index in [9.17, 15) is 9.59 Å². The van der Waals surface area contributed by atoms with E-state index in [2.05, 4.69) is 17.4 Å². The van der Waals surface area contributed by atoms with Gasteiger partial charge < -0.3 is 15.1 Å². The highest BCUT2D eigenvalue weighted by molar-refractivity contribution is 6.30. The molecule has 1 fully saturated rings. The molecule has 0 unspecified atom stereocenters. The zero-order valence-electron chi connectivity index (χ0n) is 16.9. The zero-order chi connectivity index (χ0) is 20.6. The van der Waals surface area contributed by atoms with Gasteiger partial charge in [-0.15, -0.1) is 0 Å². The summed E-state index contributed by atoms with van der Waals surface area (Å²) >= 11 is 5.95. The lowest BCUT2D eigenvalue weighted by atomic mass is 10.0. The van der Waals surface area contributed by atoms with E-state index in [-0.39, 0.29) is 11.7 Å². The first kappa shape index (κ1) is 21.5. The maximum Gasteiger partial charge on any atom is 0.275 e. The highest BCUT2D eigenvalue weighted by atomic mass is 35.5. The molecule has 154 valence electrons. The first-order valence-electron chi connectivity index (χ1n) is 10.2. The van der Waals surface area contributed by atoms with E-state index in [0.29, 0.717) is 13.0 Å². The number of ketones is 1. The fourth-order valence-electron chi connectivity index (χ4n) is 3.82. The second-order valence-corrected chi connectivity index (χ2v) is 8.34. The molecule has 2 aromatic rings. The Hall–Kier alpha value is -2.21. The van der Waals surface area contributed by atoms with E-state index < -0.39 is 6.04 Å². The number of hydrogen-bond acceptors (Lipinski definition) is 2. The molecular formula is C23H30ClN3O2+2. The molecule has 0 aromatic heterocycles. The molecule has 3 rings (SSSR count). The molecule has 0 aliphatic carbocycles.